The smallest absolute Gasteiger partial charge is 0.319 e. The second-order valence-corrected chi connectivity index (χ2v) is 6.03. The summed E-state index contributed by atoms with van der Waals surface area (Å²) in [4.78, 5) is 11.4. The predicted octanol–water partition coefficient (Wildman–Crippen LogP) is 1.53. The maximum Gasteiger partial charge on any atom is 0.319 e. The van der Waals surface area contributed by atoms with E-state index in [0.29, 0.717) is 31.3 Å². The molecule has 0 atom stereocenters. The van der Waals surface area contributed by atoms with Gasteiger partial charge >= 0.3 is 5.97 Å². The van der Waals surface area contributed by atoms with E-state index in [4.69, 9.17) is 9.47 Å². The standard InChI is InChI=1S/C11H18O4S/c12-10(13)11(3-7-15-8-4-11)16-9-1-5-14-6-2-9/h9H,1-8H2,(H,12,13). The average Bonchev–Trinajstić information content (AvgIpc) is 2.31. The van der Waals surface area contributed by atoms with Gasteiger partial charge in [-0.25, -0.2) is 0 Å². The molecule has 2 saturated heterocycles. The highest BCUT2D eigenvalue weighted by molar-refractivity contribution is 8.02. The highest BCUT2D eigenvalue weighted by atomic mass is 32.2. The second-order valence-electron chi connectivity index (χ2n) is 4.34. The predicted molar refractivity (Wildman–Crippen MR) is 61.9 cm³/mol. The Balaban J connectivity index is 1.98. The number of carbonyl (C=O) groups is 1. The van der Waals surface area contributed by atoms with Crippen LogP contribution in [0.3, 0.4) is 0 Å². The van der Waals surface area contributed by atoms with Gasteiger partial charge < -0.3 is 14.6 Å². The van der Waals surface area contributed by atoms with Gasteiger partial charge in [-0.15, -0.1) is 11.8 Å². The lowest BCUT2D eigenvalue weighted by Gasteiger charge is -2.36. The number of carboxylic acid groups (broad SMARTS) is 1. The third-order valence-corrected chi connectivity index (χ3v) is 5.09. The average molecular weight is 246 g/mol. The van der Waals surface area contributed by atoms with E-state index in [1.165, 1.54) is 0 Å². The van der Waals surface area contributed by atoms with E-state index in [9.17, 15) is 9.90 Å². The van der Waals surface area contributed by atoms with Crippen LogP contribution in [-0.2, 0) is 14.3 Å². The molecule has 1 N–H and O–H groups in total. The molecule has 0 bridgehead atoms. The molecule has 2 aliphatic heterocycles. The number of aliphatic carboxylic acids is 1. The zero-order valence-corrected chi connectivity index (χ0v) is 10.1. The first-order valence-electron chi connectivity index (χ1n) is 5.80. The number of rotatable bonds is 3. The molecule has 0 aromatic carbocycles. The van der Waals surface area contributed by atoms with Gasteiger partial charge in [-0.05, 0) is 25.7 Å². The molecule has 0 spiro atoms. The van der Waals surface area contributed by atoms with Crippen molar-refractivity contribution in [3.63, 3.8) is 0 Å². The normalized spacial score (nSPS) is 26.5. The molecule has 2 rings (SSSR count). The van der Waals surface area contributed by atoms with Gasteiger partial charge in [-0.2, -0.15) is 0 Å². The van der Waals surface area contributed by atoms with E-state index in [1.807, 2.05) is 0 Å². The van der Waals surface area contributed by atoms with Gasteiger partial charge in [-0.3, -0.25) is 4.79 Å². The third kappa shape index (κ3) is 2.70. The summed E-state index contributed by atoms with van der Waals surface area (Å²) in [6.45, 7) is 2.68. The van der Waals surface area contributed by atoms with Crippen molar-refractivity contribution in [3.8, 4) is 0 Å². The van der Waals surface area contributed by atoms with Gasteiger partial charge in [0.2, 0.25) is 0 Å². The highest BCUT2D eigenvalue weighted by Crippen LogP contribution is 2.41. The fourth-order valence-electron chi connectivity index (χ4n) is 2.20. The Bertz CT molecular complexity index is 244. The minimum Gasteiger partial charge on any atom is -0.480 e. The van der Waals surface area contributed by atoms with Crippen LogP contribution in [0.25, 0.3) is 0 Å². The van der Waals surface area contributed by atoms with Crippen LogP contribution in [-0.4, -0.2) is 47.5 Å². The summed E-state index contributed by atoms with van der Waals surface area (Å²) < 4.78 is 9.95. The SMILES string of the molecule is O=C(O)C1(SC2CCOCC2)CCOCC1. The molecule has 0 aromatic rings. The Morgan fingerprint density at radius 3 is 2.25 bits per heavy atom. The highest BCUT2D eigenvalue weighted by Gasteiger charge is 2.42. The number of ether oxygens (including phenoxy) is 2. The lowest BCUT2D eigenvalue weighted by atomic mass is 9.99. The number of thioether (sulfide) groups is 1. The van der Waals surface area contributed by atoms with E-state index >= 15 is 0 Å². The van der Waals surface area contributed by atoms with Crippen LogP contribution in [0.5, 0.6) is 0 Å². The zero-order valence-electron chi connectivity index (χ0n) is 9.31. The molecule has 0 radical (unpaired) electrons. The monoisotopic (exact) mass is 246 g/mol. The van der Waals surface area contributed by atoms with E-state index in [-0.39, 0.29) is 0 Å². The Labute approximate surface area is 99.7 Å². The van der Waals surface area contributed by atoms with Crippen molar-refractivity contribution >= 4 is 17.7 Å². The van der Waals surface area contributed by atoms with Gasteiger partial charge in [0.1, 0.15) is 4.75 Å². The van der Waals surface area contributed by atoms with Crippen molar-refractivity contribution in [1.29, 1.82) is 0 Å². The first-order chi connectivity index (χ1) is 7.73. The summed E-state index contributed by atoms with van der Waals surface area (Å²) in [5.41, 5.74) is 0. The Hall–Kier alpha value is -0.260. The molecule has 0 amide bonds. The largest absolute Gasteiger partial charge is 0.480 e. The molecule has 2 heterocycles. The van der Waals surface area contributed by atoms with Crippen LogP contribution < -0.4 is 0 Å². The van der Waals surface area contributed by atoms with Crippen molar-refractivity contribution < 1.29 is 19.4 Å². The quantitative estimate of drug-likeness (QED) is 0.818. The Kier molecular flexibility index (Phi) is 4.10. The molecular weight excluding hydrogens is 228 g/mol. The molecular formula is C11H18O4S. The van der Waals surface area contributed by atoms with E-state index in [1.54, 1.807) is 11.8 Å². The molecule has 0 unspecified atom stereocenters. The minimum absolute atomic E-state index is 0.433. The minimum atomic E-state index is -0.674. The molecule has 0 aliphatic carbocycles. The molecule has 16 heavy (non-hydrogen) atoms. The summed E-state index contributed by atoms with van der Waals surface area (Å²) >= 11 is 1.64. The van der Waals surface area contributed by atoms with Crippen LogP contribution in [0.1, 0.15) is 25.7 Å². The molecule has 4 nitrogen and oxygen atoms in total. The number of hydrogen-bond donors (Lipinski definition) is 1. The van der Waals surface area contributed by atoms with E-state index in [0.717, 1.165) is 26.1 Å². The molecule has 2 fully saturated rings. The third-order valence-electron chi connectivity index (χ3n) is 3.25. The number of hydrogen-bond acceptors (Lipinski definition) is 4. The van der Waals surface area contributed by atoms with Gasteiger partial charge in [0.25, 0.3) is 0 Å². The lowest BCUT2D eigenvalue weighted by Crippen LogP contribution is -2.43. The van der Waals surface area contributed by atoms with Crippen molar-refractivity contribution in [2.24, 2.45) is 0 Å². The summed E-state index contributed by atoms with van der Waals surface area (Å²) in [6.07, 6.45) is 3.20. The maximum absolute atomic E-state index is 11.4. The van der Waals surface area contributed by atoms with Crippen LogP contribution in [0.2, 0.25) is 0 Å². The molecule has 2 aliphatic rings. The van der Waals surface area contributed by atoms with Crippen LogP contribution in [0.15, 0.2) is 0 Å². The first-order valence-corrected chi connectivity index (χ1v) is 6.68. The lowest BCUT2D eigenvalue weighted by molar-refractivity contribution is -0.142. The van der Waals surface area contributed by atoms with E-state index in [2.05, 4.69) is 0 Å². The van der Waals surface area contributed by atoms with Crippen LogP contribution in [0, 0.1) is 0 Å². The molecule has 0 saturated carbocycles. The van der Waals surface area contributed by atoms with E-state index < -0.39 is 10.7 Å². The summed E-state index contributed by atoms with van der Waals surface area (Å²) in [5.74, 6) is -0.674. The van der Waals surface area contributed by atoms with Gasteiger partial charge in [0, 0.05) is 31.7 Å². The molecule has 92 valence electrons. The van der Waals surface area contributed by atoms with Gasteiger partial charge in [0.05, 0.1) is 0 Å². The van der Waals surface area contributed by atoms with Crippen molar-refractivity contribution in [2.75, 3.05) is 26.4 Å². The van der Waals surface area contributed by atoms with Crippen molar-refractivity contribution in [2.45, 2.75) is 35.7 Å². The Morgan fingerprint density at radius 2 is 1.69 bits per heavy atom. The summed E-state index contributed by atoms with van der Waals surface area (Å²) in [7, 11) is 0. The fourth-order valence-corrected chi connectivity index (χ4v) is 3.77. The van der Waals surface area contributed by atoms with Crippen LogP contribution in [0.4, 0.5) is 0 Å². The van der Waals surface area contributed by atoms with Crippen LogP contribution >= 0.6 is 11.8 Å². The second kappa shape index (κ2) is 5.38. The van der Waals surface area contributed by atoms with Gasteiger partial charge in [0.15, 0.2) is 0 Å². The molecule has 5 heteroatoms. The first kappa shape index (κ1) is 12.2. The van der Waals surface area contributed by atoms with Gasteiger partial charge in [-0.1, -0.05) is 0 Å². The van der Waals surface area contributed by atoms with Crippen molar-refractivity contribution in [1.82, 2.24) is 0 Å². The fraction of sp³-hybridized carbons (Fsp3) is 0.909. The summed E-state index contributed by atoms with van der Waals surface area (Å²) in [5, 5.41) is 9.85. The van der Waals surface area contributed by atoms with Crippen molar-refractivity contribution in [3.05, 3.63) is 0 Å². The molecule has 0 aromatic heterocycles. The number of carboxylic acids is 1. The summed E-state index contributed by atoms with van der Waals surface area (Å²) in [6, 6.07) is 0. The Morgan fingerprint density at radius 1 is 1.12 bits per heavy atom. The zero-order chi connectivity index (χ0) is 11.4. The maximum atomic E-state index is 11.4. The topological polar surface area (TPSA) is 55.8 Å².